The van der Waals surface area contributed by atoms with Crippen molar-refractivity contribution in [2.45, 2.75) is 247 Å². The van der Waals surface area contributed by atoms with Crippen LogP contribution in [0.5, 0.6) is 0 Å². The molecule has 4 aliphatic carbocycles. The normalized spacial score (nSPS) is 53.6. The smallest absolute Gasteiger partial charge is 0.162 e. The fourth-order valence-corrected chi connectivity index (χ4v) is 13.9. The zero-order valence-corrected chi connectivity index (χ0v) is 41.4. The molecule has 8 aliphatic rings. The highest BCUT2D eigenvalue weighted by atomic mass is 16.8. The first-order chi connectivity index (χ1) is 31.6. The van der Waals surface area contributed by atoms with Gasteiger partial charge in [0.2, 0.25) is 0 Å². The Morgan fingerprint density at radius 1 is 0.627 bits per heavy atom. The van der Waals surface area contributed by atoms with Crippen molar-refractivity contribution in [2.75, 3.05) is 28.4 Å². The average molecular weight is 957 g/mol. The van der Waals surface area contributed by atoms with Crippen LogP contribution in [0.3, 0.4) is 0 Å². The summed E-state index contributed by atoms with van der Waals surface area (Å²) in [5, 5.41) is 58.7. The summed E-state index contributed by atoms with van der Waals surface area (Å²) in [5.41, 5.74) is -6.52. The van der Waals surface area contributed by atoms with Crippen LogP contribution in [-0.4, -0.2) is 187 Å². The molecule has 0 unspecified atom stereocenters. The summed E-state index contributed by atoms with van der Waals surface area (Å²) in [6.07, 6.45) is -3.49. The number of carbonyl (C=O) groups excluding carboxylic acids is 1. The molecule has 24 atom stereocenters. The Morgan fingerprint density at radius 2 is 1.07 bits per heavy atom. The summed E-state index contributed by atoms with van der Waals surface area (Å²) in [4.78, 5) is 12.8. The molecule has 0 bridgehead atoms. The predicted octanol–water partition coefficient (Wildman–Crippen LogP) is 2.97. The zero-order valence-electron chi connectivity index (χ0n) is 41.4. The van der Waals surface area contributed by atoms with Gasteiger partial charge < -0.3 is 82.4 Å². The van der Waals surface area contributed by atoms with Gasteiger partial charge in [0.15, 0.2) is 30.9 Å². The van der Waals surface area contributed by atoms with E-state index in [-0.39, 0.29) is 50.1 Å². The molecule has 4 aliphatic heterocycles. The first-order valence-corrected chi connectivity index (χ1v) is 24.7. The molecular formula is C49H80O18. The lowest BCUT2D eigenvalue weighted by molar-refractivity contribution is -0.347. The summed E-state index contributed by atoms with van der Waals surface area (Å²) in [5.74, 6) is -1.01. The number of hydrogen-bond donors (Lipinski definition) is 5. The van der Waals surface area contributed by atoms with E-state index in [1.807, 2.05) is 26.8 Å². The average Bonchev–Trinajstić information content (AvgIpc) is 3.52. The van der Waals surface area contributed by atoms with Crippen molar-refractivity contribution in [2.24, 2.45) is 16.7 Å². The van der Waals surface area contributed by atoms with Crippen LogP contribution >= 0.6 is 0 Å². The second kappa shape index (κ2) is 19.6. The molecule has 18 heteroatoms. The van der Waals surface area contributed by atoms with Gasteiger partial charge >= 0.3 is 0 Å². The SMILES string of the molecule is CO[C@H]1C[C@H](O[C@H]2[C@@H](OC)C[C@H](O[C@H]3CC[C@@]4(C)C(=CC[C@]5(O)[C@@H]4C[C@@H](O)[C@@]4(C)[C@@]5(O)CC[C@@]4(O)C(C)=O)C3)O[C@@H]2C)O[C@@H](C)[C@H]1O[C@H]1C[C@H](OC)[C@H](O[C@H]2C[C@@H](OC)[C@@H](O)[C@H](C)O2)[C@@H](C)O1. The van der Waals surface area contributed by atoms with Gasteiger partial charge in [-0.15, -0.1) is 0 Å². The Hall–Kier alpha value is -1.27. The number of hydrogen-bond acceptors (Lipinski definition) is 18. The largest absolute Gasteiger partial charge is 0.392 e. The van der Waals surface area contributed by atoms with E-state index in [4.69, 9.17) is 56.8 Å². The summed E-state index contributed by atoms with van der Waals surface area (Å²) in [6, 6.07) is 0. The van der Waals surface area contributed by atoms with E-state index in [1.165, 1.54) is 6.92 Å². The summed E-state index contributed by atoms with van der Waals surface area (Å²) in [7, 11) is 6.49. The van der Waals surface area contributed by atoms with Crippen LogP contribution < -0.4 is 0 Å². The van der Waals surface area contributed by atoms with Gasteiger partial charge in [0, 0.05) is 60.0 Å². The van der Waals surface area contributed by atoms with Crippen molar-refractivity contribution in [1.29, 1.82) is 0 Å². The Bertz CT molecular complexity index is 1770. The van der Waals surface area contributed by atoms with E-state index in [0.29, 0.717) is 44.9 Å². The van der Waals surface area contributed by atoms with E-state index < -0.39 is 126 Å². The number of aliphatic hydroxyl groups excluding tert-OH is 2. The molecule has 4 saturated heterocycles. The molecule has 0 spiro atoms. The lowest BCUT2D eigenvalue weighted by Crippen LogP contribution is -2.78. The van der Waals surface area contributed by atoms with Crippen molar-refractivity contribution in [3.05, 3.63) is 11.6 Å². The summed E-state index contributed by atoms with van der Waals surface area (Å²) >= 11 is 0. The van der Waals surface area contributed by atoms with Crippen LogP contribution in [0.25, 0.3) is 0 Å². The maximum absolute atomic E-state index is 12.8. The number of ketones is 1. The standard InChI is InChI=1S/C49H80O18/c1-24-41(52)31(56-8)19-38(60-24)65-43-26(3)62-40(21-33(43)58-10)67-44-27(4)63-39(22-34(44)59-11)66-42-25(2)61-37(20-32(42)57-9)64-30-13-14-45(6)29(18-30)12-15-48(54)35(45)23-36(51)46(7)47(53,28(5)50)16-17-49(46,48)55/h12,24-27,30-44,51-55H,13-23H2,1-11H3/t24-,25+,26+,27-,30-,31+,32-,33-,34-,35+,36+,37-,38-,39-,40-,41-,42+,43+,44+,45-,46+,47+,48-,49-/m0/s1. The highest BCUT2D eigenvalue weighted by molar-refractivity contribution is 5.87. The van der Waals surface area contributed by atoms with Crippen molar-refractivity contribution < 1.29 is 87.2 Å². The fraction of sp³-hybridized carbons (Fsp3) is 0.939. The fourth-order valence-electron chi connectivity index (χ4n) is 13.9. The van der Waals surface area contributed by atoms with Gasteiger partial charge in [-0.05, 0) is 85.0 Å². The third-order valence-electron chi connectivity index (χ3n) is 18.2. The second-order valence-corrected chi connectivity index (χ2v) is 21.5. The molecule has 0 radical (unpaired) electrons. The molecule has 7 fully saturated rings. The van der Waals surface area contributed by atoms with Gasteiger partial charge in [-0.3, -0.25) is 4.79 Å². The molecule has 384 valence electrons. The number of rotatable bonds is 13. The lowest BCUT2D eigenvalue weighted by atomic mass is 9.42. The first-order valence-electron chi connectivity index (χ1n) is 24.7. The molecular weight excluding hydrogens is 877 g/mol. The number of fused-ring (bicyclic) bond motifs is 5. The van der Waals surface area contributed by atoms with Gasteiger partial charge in [-0.1, -0.05) is 25.5 Å². The second-order valence-electron chi connectivity index (χ2n) is 21.5. The number of aliphatic hydroxyl groups is 5. The van der Waals surface area contributed by atoms with Gasteiger partial charge in [0.1, 0.15) is 41.2 Å². The van der Waals surface area contributed by atoms with Crippen LogP contribution in [0.15, 0.2) is 11.6 Å². The van der Waals surface area contributed by atoms with Crippen LogP contribution in [0.4, 0.5) is 0 Å². The van der Waals surface area contributed by atoms with E-state index in [0.717, 1.165) is 5.57 Å². The molecule has 8 rings (SSSR count). The van der Waals surface area contributed by atoms with Crippen molar-refractivity contribution >= 4 is 5.78 Å². The topological polar surface area (TPSA) is 229 Å². The van der Waals surface area contributed by atoms with E-state index in [1.54, 1.807) is 42.3 Å². The third kappa shape index (κ3) is 8.74. The molecule has 0 aromatic heterocycles. The molecule has 18 nitrogen and oxygen atoms in total. The molecule has 67 heavy (non-hydrogen) atoms. The van der Waals surface area contributed by atoms with Gasteiger partial charge in [-0.2, -0.15) is 0 Å². The van der Waals surface area contributed by atoms with Crippen LogP contribution in [0, 0.1) is 16.7 Å². The highest BCUT2D eigenvalue weighted by Gasteiger charge is 2.80. The highest BCUT2D eigenvalue weighted by Crippen LogP contribution is 2.70. The minimum Gasteiger partial charge on any atom is -0.392 e. The maximum Gasteiger partial charge on any atom is 0.162 e. The van der Waals surface area contributed by atoms with E-state index in [2.05, 4.69) is 6.92 Å². The number of carbonyl (C=O) groups is 1. The third-order valence-corrected chi connectivity index (χ3v) is 18.2. The van der Waals surface area contributed by atoms with Crippen LogP contribution in [0.2, 0.25) is 0 Å². The Labute approximate surface area is 395 Å². The number of Topliss-reactive ketones (excluding diaryl/α,β-unsaturated/α-hetero) is 1. The Kier molecular flexibility index (Phi) is 15.3. The summed E-state index contributed by atoms with van der Waals surface area (Å²) in [6.45, 7) is 12.5. The van der Waals surface area contributed by atoms with Crippen LogP contribution in [-0.2, 0) is 61.6 Å². The van der Waals surface area contributed by atoms with Gasteiger partial charge in [0.05, 0.1) is 66.5 Å². The van der Waals surface area contributed by atoms with Gasteiger partial charge in [-0.25, -0.2) is 0 Å². The minimum absolute atomic E-state index is 0.00940. The molecule has 0 aromatic rings. The van der Waals surface area contributed by atoms with Crippen molar-refractivity contribution in [3.8, 4) is 0 Å². The molecule has 3 saturated carbocycles. The van der Waals surface area contributed by atoms with E-state index in [9.17, 15) is 30.3 Å². The van der Waals surface area contributed by atoms with Gasteiger partial charge in [0.25, 0.3) is 0 Å². The predicted molar refractivity (Wildman–Crippen MR) is 236 cm³/mol. The van der Waals surface area contributed by atoms with Crippen molar-refractivity contribution in [3.63, 3.8) is 0 Å². The molecule has 4 heterocycles. The van der Waals surface area contributed by atoms with Crippen LogP contribution in [0.1, 0.15) is 119 Å². The first kappa shape index (κ1) is 52.1. The van der Waals surface area contributed by atoms with E-state index >= 15 is 0 Å². The minimum atomic E-state index is -1.94. The summed E-state index contributed by atoms with van der Waals surface area (Å²) < 4.78 is 75.0. The maximum atomic E-state index is 12.8. The molecule has 0 aromatic carbocycles. The molecule has 5 N–H and O–H groups in total. The lowest BCUT2D eigenvalue weighted by Gasteiger charge is -2.66. The quantitative estimate of drug-likeness (QED) is 0.167. The van der Waals surface area contributed by atoms with Crippen molar-refractivity contribution in [1.82, 2.24) is 0 Å². The number of methoxy groups -OCH3 is 4. The Morgan fingerprint density at radius 3 is 1.54 bits per heavy atom. The number of ether oxygens (including phenoxy) is 12. The molecule has 0 amide bonds. The Balaban J connectivity index is 0.847. The zero-order chi connectivity index (χ0) is 48.6. The monoisotopic (exact) mass is 957 g/mol.